The summed E-state index contributed by atoms with van der Waals surface area (Å²) < 4.78 is 0. The van der Waals surface area contributed by atoms with E-state index < -0.39 is 0 Å². The van der Waals surface area contributed by atoms with Crippen LogP contribution >= 0.6 is 11.8 Å². The van der Waals surface area contributed by atoms with Gasteiger partial charge in [-0.1, -0.05) is 13.8 Å². The lowest BCUT2D eigenvalue weighted by atomic mass is 10.4. The summed E-state index contributed by atoms with van der Waals surface area (Å²) in [5.74, 6) is -0.0538. The molecule has 0 N–H and O–H groups in total. The second-order valence-corrected chi connectivity index (χ2v) is 3.45. The molecule has 0 aromatic heterocycles. The summed E-state index contributed by atoms with van der Waals surface area (Å²) in [4.78, 5) is 23.7. The van der Waals surface area contributed by atoms with E-state index in [1.165, 1.54) is 16.7 Å². The lowest BCUT2D eigenvalue weighted by Gasteiger charge is -2.09. The Morgan fingerprint density at radius 1 is 1.46 bits per heavy atom. The van der Waals surface area contributed by atoms with Crippen molar-refractivity contribution in [3.05, 3.63) is 0 Å². The van der Waals surface area contributed by atoms with Crippen molar-refractivity contribution < 1.29 is 9.59 Å². The van der Waals surface area contributed by atoms with Gasteiger partial charge in [-0.05, 0) is 13.2 Å². The van der Waals surface area contributed by atoms with Gasteiger partial charge in [-0.2, -0.15) is 11.8 Å². The van der Waals surface area contributed by atoms with Crippen LogP contribution in [-0.4, -0.2) is 34.8 Å². The molecule has 0 aromatic rings. The van der Waals surface area contributed by atoms with E-state index in [-0.39, 0.29) is 17.1 Å². The van der Waals surface area contributed by atoms with Gasteiger partial charge in [-0.15, -0.1) is 0 Å². The van der Waals surface area contributed by atoms with Crippen LogP contribution < -0.4 is 0 Å². The molecular formula is C9H17NO2S. The van der Waals surface area contributed by atoms with Crippen molar-refractivity contribution in [2.24, 2.45) is 0 Å². The monoisotopic (exact) mass is 203 g/mol. The molecule has 3 nitrogen and oxygen atoms in total. The molecule has 1 heterocycles. The molecular weight excluding hydrogens is 186 g/mol. The van der Waals surface area contributed by atoms with E-state index in [1.54, 1.807) is 0 Å². The second kappa shape index (κ2) is 6.02. The first-order valence-corrected chi connectivity index (χ1v) is 5.86. The number of rotatable bonds is 2. The third kappa shape index (κ3) is 2.72. The van der Waals surface area contributed by atoms with Gasteiger partial charge in [-0.25, -0.2) is 0 Å². The molecule has 0 aliphatic carbocycles. The first-order chi connectivity index (χ1) is 6.20. The Balaban J connectivity index is 0.000000671. The highest BCUT2D eigenvalue weighted by atomic mass is 32.2. The Hall–Kier alpha value is -0.510. The molecule has 2 amide bonds. The van der Waals surface area contributed by atoms with E-state index in [2.05, 4.69) is 0 Å². The van der Waals surface area contributed by atoms with Gasteiger partial charge in [-0.3, -0.25) is 14.5 Å². The molecule has 4 heteroatoms. The van der Waals surface area contributed by atoms with Gasteiger partial charge >= 0.3 is 0 Å². The summed E-state index contributed by atoms with van der Waals surface area (Å²) in [6.45, 7) is 6.33. The van der Waals surface area contributed by atoms with Crippen LogP contribution in [0.4, 0.5) is 0 Å². The van der Waals surface area contributed by atoms with Crippen LogP contribution in [0.2, 0.25) is 0 Å². The van der Waals surface area contributed by atoms with Gasteiger partial charge in [0, 0.05) is 13.0 Å². The quantitative estimate of drug-likeness (QED) is 0.639. The normalized spacial score (nSPS) is 21.5. The molecule has 1 aliphatic rings. The van der Waals surface area contributed by atoms with Crippen molar-refractivity contribution in [2.75, 3.05) is 12.8 Å². The maximum atomic E-state index is 11.3. The fourth-order valence-corrected chi connectivity index (χ4v) is 1.81. The smallest absolute Gasteiger partial charge is 0.242 e. The minimum absolute atomic E-state index is 0.0231. The first kappa shape index (κ1) is 12.5. The van der Waals surface area contributed by atoms with Gasteiger partial charge in [0.25, 0.3) is 0 Å². The van der Waals surface area contributed by atoms with Crippen LogP contribution in [0.15, 0.2) is 0 Å². The lowest BCUT2D eigenvalue weighted by molar-refractivity contribution is -0.137. The van der Waals surface area contributed by atoms with Crippen molar-refractivity contribution in [1.82, 2.24) is 4.90 Å². The Kier molecular flexibility index (Phi) is 5.79. The number of carbonyl (C=O) groups is 2. The van der Waals surface area contributed by atoms with Gasteiger partial charge in [0.1, 0.15) is 0 Å². The van der Waals surface area contributed by atoms with Crippen molar-refractivity contribution in [2.45, 2.75) is 32.4 Å². The Morgan fingerprint density at radius 3 is 2.23 bits per heavy atom. The molecule has 1 fully saturated rings. The molecule has 1 aliphatic heterocycles. The van der Waals surface area contributed by atoms with Gasteiger partial charge in [0.05, 0.1) is 5.25 Å². The number of hydrogen-bond donors (Lipinski definition) is 0. The molecule has 1 unspecified atom stereocenters. The number of nitrogens with zero attached hydrogens (tertiary/aromatic N) is 1. The molecule has 13 heavy (non-hydrogen) atoms. The van der Waals surface area contributed by atoms with Crippen molar-refractivity contribution >= 4 is 23.6 Å². The maximum absolute atomic E-state index is 11.3. The Labute approximate surface area is 83.9 Å². The molecule has 0 radical (unpaired) electrons. The predicted octanol–water partition coefficient (Wildman–Crippen LogP) is 1.52. The van der Waals surface area contributed by atoms with E-state index >= 15 is 0 Å². The van der Waals surface area contributed by atoms with Crippen LogP contribution in [0.5, 0.6) is 0 Å². The second-order valence-electron chi connectivity index (χ2n) is 2.40. The molecule has 1 saturated heterocycles. The van der Waals surface area contributed by atoms with E-state index in [9.17, 15) is 9.59 Å². The summed E-state index contributed by atoms with van der Waals surface area (Å²) in [5, 5.41) is -0.123. The van der Waals surface area contributed by atoms with E-state index in [1.807, 2.05) is 27.0 Å². The zero-order chi connectivity index (χ0) is 10.4. The highest BCUT2D eigenvalue weighted by Crippen LogP contribution is 2.22. The third-order valence-electron chi connectivity index (χ3n) is 1.80. The third-order valence-corrected chi connectivity index (χ3v) is 2.74. The average Bonchev–Trinajstić information content (AvgIpc) is 2.44. The number of carbonyl (C=O) groups excluding carboxylic acids is 2. The summed E-state index contributed by atoms with van der Waals surface area (Å²) in [6.07, 6.45) is 2.24. The number of amides is 2. The maximum Gasteiger partial charge on any atom is 0.242 e. The zero-order valence-corrected chi connectivity index (χ0v) is 9.48. The van der Waals surface area contributed by atoms with Gasteiger partial charge < -0.3 is 0 Å². The van der Waals surface area contributed by atoms with Gasteiger partial charge in [0.15, 0.2) is 0 Å². The summed E-state index contributed by atoms with van der Waals surface area (Å²) >= 11 is 1.45. The number of likely N-dealkylation sites (tertiary alicyclic amines) is 1. The fourth-order valence-electron chi connectivity index (χ4n) is 1.17. The van der Waals surface area contributed by atoms with E-state index in [0.717, 1.165) is 0 Å². The minimum atomic E-state index is -0.123. The molecule has 0 aromatic carbocycles. The highest BCUT2D eigenvalue weighted by molar-refractivity contribution is 8.00. The minimum Gasteiger partial charge on any atom is -0.282 e. The largest absolute Gasteiger partial charge is 0.282 e. The molecule has 1 atom stereocenters. The first-order valence-electron chi connectivity index (χ1n) is 4.57. The van der Waals surface area contributed by atoms with Crippen molar-refractivity contribution in [3.8, 4) is 0 Å². The Bertz CT molecular complexity index is 194. The van der Waals surface area contributed by atoms with Crippen LogP contribution in [0, 0.1) is 0 Å². The van der Waals surface area contributed by atoms with Crippen LogP contribution in [-0.2, 0) is 9.59 Å². The standard InChI is InChI=1S/C7H11NO2S.C2H6/c1-3-8-6(9)4-5(11-2)7(8)10;1-2/h5H,3-4H2,1-2H3;1-2H3. The molecule has 0 spiro atoms. The number of hydrogen-bond acceptors (Lipinski definition) is 3. The fraction of sp³-hybridized carbons (Fsp3) is 0.778. The molecule has 0 bridgehead atoms. The number of imide groups is 1. The predicted molar refractivity (Wildman–Crippen MR) is 55.7 cm³/mol. The van der Waals surface area contributed by atoms with Crippen LogP contribution in [0.3, 0.4) is 0 Å². The zero-order valence-electron chi connectivity index (χ0n) is 8.66. The average molecular weight is 203 g/mol. The molecule has 0 saturated carbocycles. The lowest BCUT2D eigenvalue weighted by Crippen LogP contribution is -2.30. The topological polar surface area (TPSA) is 37.4 Å². The Morgan fingerprint density at radius 2 is 2.00 bits per heavy atom. The van der Waals surface area contributed by atoms with Gasteiger partial charge in [0.2, 0.25) is 11.8 Å². The number of thioether (sulfide) groups is 1. The van der Waals surface area contributed by atoms with Crippen molar-refractivity contribution in [1.29, 1.82) is 0 Å². The highest BCUT2D eigenvalue weighted by Gasteiger charge is 2.36. The molecule has 76 valence electrons. The van der Waals surface area contributed by atoms with E-state index in [0.29, 0.717) is 13.0 Å². The van der Waals surface area contributed by atoms with Crippen molar-refractivity contribution in [3.63, 3.8) is 0 Å². The summed E-state index contributed by atoms with van der Waals surface area (Å²) in [6, 6.07) is 0. The van der Waals surface area contributed by atoms with Crippen LogP contribution in [0.1, 0.15) is 27.2 Å². The SMILES string of the molecule is CC.CCN1C(=O)CC(SC)C1=O. The summed E-state index contributed by atoms with van der Waals surface area (Å²) in [5.41, 5.74) is 0. The summed E-state index contributed by atoms with van der Waals surface area (Å²) in [7, 11) is 0. The molecule has 1 rings (SSSR count). The van der Waals surface area contributed by atoms with Crippen LogP contribution in [0.25, 0.3) is 0 Å². The van der Waals surface area contributed by atoms with E-state index in [4.69, 9.17) is 0 Å².